The number of hydrogen-bond acceptors (Lipinski definition) is 2. The van der Waals surface area contributed by atoms with E-state index in [0.717, 1.165) is 24.4 Å². The summed E-state index contributed by atoms with van der Waals surface area (Å²) < 4.78 is 0. The second-order valence-corrected chi connectivity index (χ2v) is 5.76. The second-order valence-electron chi connectivity index (χ2n) is 5.76. The van der Waals surface area contributed by atoms with Gasteiger partial charge in [0, 0.05) is 6.54 Å². The van der Waals surface area contributed by atoms with Crippen molar-refractivity contribution in [3.63, 3.8) is 0 Å². The van der Waals surface area contributed by atoms with E-state index in [1.807, 2.05) is 30.3 Å². The predicted octanol–water partition coefficient (Wildman–Crippen LogP) is 3.62. The van der Waals surface area contributed by atoms with E-state index in [0.29, 0.717) is 0 Å². The molecule has 2 unspecified atom stereocenters. The molecule has 1 N–H and O–H groups in total. The van der Waals surface area contributed by atoms with Crippen LogP contribution in [0.2, 0.25) is 0 Å². The molecular weight excluding hydrogens is 234 g/mol. The molecule has 2 rings (SSSR count). The van der Waals surface area contributed by atoms with Gasteiger partial charge >= 0.3 is 0 Å². The summed E-state index contributed by atoms with van der Waals surface area (Å²) in [6, 6.07) is 10.0. The van der Waals surface area contributed by atoms with Crippen molar-refractivity contribution in [2.45, 2.75) is 45.1 Å². The predicted molar refractivity (Wildman–Crippen MR) is 80.1 cm³/mol. The minimum atomic E-state index is -0.313. The molecule has 19 heavy (non-hydrogen) atoms. The zero-order valence-electron chi connectivity index (χ0n) is 12.1. The first-order valence-corrected chi connectivity index (χ1v) is 7.75. The van der Waals surface area contributed by atoms with Crippen LogP contribution in [0.4, 0.5) is 0 Å². The molecule has 2 atom stereocenters. The molecule has 1 aliphatic rings. The molecule has 0 aromatic heterocycles. The maximum absolute atomic E-state index is 10.2. The minimum Gasteiger partial charge on any atom is -0.388 e. The number of rotatable bonds is 5. The first-order valence-electron chi connectivity index (χ1n) is 7.75. The number of likely N-dealkylation sites (tertiary alicyclic amines) is 1. The summed E-state index contributed by atoms with van der Waals surface area (Å²) in [4.78, 5) is 2.53. The van der Waals surface area contributed by atoms with E-state index >= 15 is 0 Å². The molecule has 106 valence electrons. The fraction of sp³-hybridized carbons (Fsp3) is 0.647. The highest BCUT2D eigenvalue weighted by molar-refractivity contribution is 5.17. The Bertz CT molecular complexity index is 352. The Morgan fingerprint density at radius 3 is 2.74 bits per heavy atom. The maximum atomic E-state index is 10.2. The van der Waals surface area contributed by atoms with Gasteiger partial charge in [-0.2, -0.15) is 0 Å². The molecule has 2 nitrogen and oxygen atoms in total. The van der Waals surface area contributed by atoms with E-state index in [1.165, 1.54) is 38.8 Å². The van der Waals surface area contributed by atoms with Gasteiger partial charge in [-0.15, -0.1) is 0 Å². The third kappa shape index (κ3) is 4.63. The second kappa shape index (κ2) is 7.66. The number of aliphatic hydroxyl groups is 1. The first kappa shape index (κ1) is 14.5. The number of aliphatic hydroxyl groups excluding tert-OH is 1. The number of benzene rings is 1. The lowest BCUT2D eigenvalue weighted by molar-refractivity contribution is 0.142. The van der Waals surface area contributed by atoms with Crippen molar-refractivity contribution in [1.82, 2.24) is 4.90 Å². The maximum Gasteiger partial charge on any atom is 0.0802 e. The highest BCUT2D eigenvalue weighted by Gasteiger charge is 2.16. The Labute approximate surface area is 117 Å². The zero-order chi connectivity index (χ0) is 13.5. The Hall–Kier alpha value is -0.860. The molecular formula is C17H27NO. The van der Waals surface area contributed by atoms with Gasteiger partial charge in [-0.05, 0) is 50.3 Å². The van der Waals surface area contributed by atoms with Crippen molar-refractivity contribution < 1.29 is 5.11 Å². The van der Waals surface area contributed by atoms with Gasteiger partial charge < -0.3 is 10.0 Å². The number of hydrogen-bond donors (Lipinski definition) is 1. The van der Waals surface area contributed by atoms with E-state index < -0.39 is 0 Å². The van der Waals surface area contributed by atoms with Crippen LogP contribution in [0.25, 0.3) is 0 Å². The highest BCUT2D eigenvalue weighted by atomic mass is 16.3. The van der Waals surface area contributed by atoms with Crippen LogP contribution in [0.5, 0.6) is 0 Å². The summed E-state index contributed by atoms with van der Waals surface area (Å²) in [6.07, 6.45) is 5.89. The Balaban J connectivity index is 1.76. The van der Waals surface area contributed by atoms with Gasteiger partial charge in [0.05, 0.1) is 6.10 Å². The molecule has 1 aromatic carbocycles. The summed E-state index contributed by atoms with van der Waals surface area (Å²) in [6.45, 7) is 5.74. The topological polar surface area (TPSA) is 23.5 Å². The molecule has 1 aliphatic heterocycles. The summed E-state index contributed by atoms with van der Waals surface area (Å²) in [5, 5.41) is 10.2. The summed E-state index contributed by atoms with van der Waals surface area (Å²) in [5.41, 5.74) is 1.05. The average molecular weight is 261 g/mol. The molecule has 0 amide bonds. The molecule has 1 heterocycles. The lowest BCUT2D eigenvalue weighted by atomic mass is 9.98. The summed E-state index contributed by atoms with van der Waals surface area (Å²) in [5.74, 6) is 0.920. The van der Waals surface area contributed by atoms with Crippen LogP contribution < -0.4 is 0 Å². The van der Waals surface area contributed by atoms with Crippen LogP contribution in [-0.4, -0.2) is 29.6 Å². The van der Waals surface area contributed by atoms with Gasteiger partial charge in [-0.3, -0.25) is 0 Å². The van der Waals surface area contributed by atoms with Crippen molar-refractivity contribution >= 4 is 0 Å². The monoisotopic (exact) mass is 261 g/mol. The lowest BCUT2D eigenvalue weighted by Crippen LogP contribution is -2.27. The zero-order valence-corrected chi connectivity index (χ0v) is 12.1. The van der Waals surface area contributed by atoms with Gasteiger partial charge in [0.1, 0.15) is 0 Å². The standard InChI is InChI=1S/C17H27NO/c1-2-15-7-6-12-18(13-10-15)14-11-17(19)16-8-4-3-5-9-16/h3-5,8-9,15,17,19H,2,6-7,10-14H2,1H3. The Kier molecular flexibility index (Phi) is 5.87. The fourth-order valence-electron chi connectivity index (χ4n) is 3.00. The molecule has 0 saturated carbocycles. The van der Waals surface area contributed by atoms with Crippen molar-refractivity contribution in [3.05, 3.63) is 35.9 Å². The van der Waals surface area contributed by atoms with Crippen LogP contribution in [0.15, 0.2) is 30.3 Å². The average Bonchev–Trinajstić information content (AvgIpc) is 2.70. The van der Waals surface area contributed by atoms with Crippen molar-refractivity contribution in [2.24, 2.45) is 5.92 Å². The van der Waals surface area contributed by atoms with Gasteiger partial charge in [-0.25, -0.2) is 0 Å². The molecule has 1 aromatic rings. The van der Waals surface area contributed by atoms with Crippen LogP contribution >= 0.6 is 0 Å². The molecule has 1 saturated heterocycles. The third-order valence-electron chi connectivity index (χ3n) is 4.42. The summed E-state index contributed by atoms with van der Waals surface area (Å²) in [7, 11) is 0. The quantitative estimate of drug-likeness (QED) is 0.875. The Morgan fingerprint density at radius 2 is 2.00 bits per heavy atom. The van der Waals surface area contributed by atoms with Crippen LogP contribution in [0.1, 0.15) is 50.7 Å². The van der Waals surface area contributed by atoms with Gasteiger partial charge in [0.2, 0.25) is 0 Å². The lowest BCUT2D eigenvalue weighted by Gasteiger charge is -2.21. The molecule has 1 fully saturated rings. The van der Waals surface area contributed by atoms with E-state index in [4.69, 9.17) is 0 Å². The van der Waals surface area contributed by atoms with Crippen molar-refractivity contribution in [1.29, 1.82) is 0 Å². The van der Waals surface area contributed by atoms with E-state index in [-0.39, 0.29) is 6.10 Å². The first-order chi connectivity index (χ1) is 9.29. The Morgan fingerprint density at radius 1 is 1.21 bits per heavy atom. The van der Waals surface area contributed by atoms with E-state index in [9.17, 15) is 5.11 Å². The largest absolute Gasteiger partial charge is 0.388 e. The van der Waals surface area contributed by atoms with Gasteiger partial charge in [0.25, 0.3) is 0 Å². The van der Waals surface area contributed by atoms with Gasteiger partial charge in [0.15, 0.2) is 0 Å². The molecule has 2 heteroatoms. The number of nitrogens with zero attached hydrogens (tertiary/aromatic N) is 1. The molecule has 0 radical (unpaired) electrons. The van der Waals surface area contributed by atoms with Crippen molar-refractivity contribution in [3.8, 4) is 0 Å². The van der Waals surface area contributed by atoms with Crippen LogP contribution in [-0.2, 0) is 0 Å². The SMILES string of the molecule is CCC1CCCN(CCC(O)c2ccccc2)CC1. The minimum absolute atomic E-state index is 0.313. The molecule has 0 aliphatic carbocycles. The van der Waals surface area contributed by atoms with E-state index in [2.05, 4.69) is 11.8 Å². The van der Waals surface area contributed by atoms with Crippen LogP contribution in [0.3, 0.4) is 0 Å². The molecule has 0 spiro atoms. The van der Waals surface area contributed by atoms with Crippen LogP contribution in [0, 0.1) is 5.92 Å². The van der Waals surface area contributed by atoms with Gasteiger partial charge in [-0.1, -0.05) is 43.7 Å². The smallest absolute Gasteiger partial charge is 0.0802 e. The fourth-order valence-corrected chi connectivity index (χ4v) is 3.00. The highest BCUT2D eigenvalue weighted by Crippen LogP contribution is 2.22. The normalized spacial score (nSPS) is 22.9. The molecule has 0 bridgehead atoms. The third-order valence-corrected chi connectivity index (χ3v) is 4.42. The summed E-state index contributed by atoms with van der Waals surface area (Å²) >= 11 is 0. The van der Waals surface area contributed by atoms with E-state index in [1.54, 1.807) is 0 Å². The van der Waals surface area contributed by atoms with Crippen molar-refractivity contribution in [2.75, 3.05) is 19.6 Å².